The first-order chi connectivity index (χ1) is 9.40. The molecule has 4 nitrogen and oxygen atoms in total. The molecule has 0 fully saturated rings. The summed E-state index contributed by atoms with van der Waals surface area (Å²) in [4.78, 5) is 10.6. The van der Waals surface area contributed by atoms with Gasteiger partial charge in [0, 0.05) is 11.6 Å². The molecule has 20 heavy (non-hydrogen) atoms. The molecule has 0 aliphatic heterocycles. The van der Waals surface area contributed by atoms with Crippen LogP contribution in [0.15, 0.2) is 28.7 Å². The minimum absolute atomic E-state index is 0.431. The van der Waals surface area contributed by atoms with Crippen LogP contribution in [0.25, 0.3) is 11.8 Å². The molecule has 104 valence electrons. The molecule has 0 bridgehead atoms. The third kappa shape index (κ3) is 2.80. The quantitative estimate of drug-likeness (QED) is 0.871. The van der Waals surface area contributed by atoms with E-state index in [0.717, 1.165) is 21.9 Å². The van der Waals surface area contributed by atoms with Crippen molar-refractivity contribution >= 4 is 28.0 Å². The van der Waals surface area contributed by atoms with Crippen molar-refractivity contribution in [3.8, 4) is 5.69 Å². The Balaban J connectivity index is 2.61. The maximum absolute atomic E-state index is 13.4. The van der Waals surface area contributed by atoms with Gasteiger partial charge >= 0.3 is 5.97 Å². The highest BCUT2D eigenvalue weighted by Gasteiger charge is 2.13. The number of carboxylic acids is 1. The first kappa shape index (κ1) is 14.5. The van der Waals surface area contributed by atoms with Crippen LogP contribution in [0.2, 0.25) is 0 Å². The second-order valence-electron chi connectivity index (χ2n) is 4.27. The number of rotatable bonds is 3. The highest BCUT2D eigenvalue weighted by molar-refractivity contribution is 9.10. The number of benzene rings is 1. The third-order valence-electron chi connectivity index (χ3n) is 2.83. The smallest absolute Gasteiger partial charge is 0.328 e. The minimum atomic E-state index is -1.09. The average molecular weight is 339 g/mol. The van der Waals surface area contributed by atoms with Crippen molar-refractivity contribution in [2.45, 2.75) is 13.8 Å². The van der Waals surface area contributed by atoms with Crippen molar-refractivity contribution in [1.82, 2.24) is 9.78 Å². The Kier molecular flexibility index (Phi) is 4.04. The van der Waals surface area contributed by atoms with Crippen molar-refractivity contribution in [1.29, 1.82) is 0 Å². The van der Waals surface area contributed by atoms with E-state index in [0.29, 0.717) is 11.3 Å². The van der Waals surface area contributed by atoms with Gasteiger partial charge in [0.25, 0.3) is 0 Å². The number of carboxylic acid groups (broad SMARTS) is 1. The molecule has 0 unspecified atom stereocenters. The summed E-state index contributed by atoms with van der Waals surface area (Å²) >= 11 is 3.43. The van der Waals surface area contributed by atoms with Gasteiger partial charge in [-0.15, -0.1) is 0 Å². The number of halogens is 2. The summed E-state index contributed by atoms with van der Waals surface area (Å²) in [5, 5.41) is 13.1. The molecule has 1 heterocycles. The zero-order valence-corrected chi connectivity index (χ0v) is 12.5. The fourth-order valence-electron chi connectivity index (χ4n) is 1.87. The van der Waals surface area contributed by atoms with E-state index in [-0.39, 0.29) is 0 Å². The van der Waals surface area contributed by atoms with Crippen LogP contribution in [0.5, 0.6) is 0 Å². The lowest BCUT2D eigenvalue weighted by atomic mass is 10.1. The largest absolute Gasteiger partial charge is 0.478 e. The topological polar surface area (TPSA) is 55.1 Å². The molecule has 0 amide bonds. The van der Waals surface area contributed by atoms with Crippen molar-refractivity contribution in [2.75, 3.05) is 0 Å². The molecule has 0 aliphatic rings. The lowest BCUT2D eigenvalue weighted by Gasteiger charge is -2.08. The fraction of sp³-hybridized carbons (Fsp3) is 0.143. The maximum atomic E-state index is 13.4. The molecule has 0 saturated heterocycles. The van der Waals surface area contributed by atoms with Crippen LogP contribution in [0.4, 0.5) is 4.39 Å². The van der Waals surface area contributed by atoms with Crippen LogP contribution in [0, 0.1) is 19.7 Å². The maximum Gasteiger partial charge on any atom is 0.328 e. The second-order valence-corrected chi connectivity index (χ2v) is 5.06. The highest BCUT2D eigenvalue weighted by Crippen LogP contribution is 2.25. The van der Waals surface area contributed by atoms with Gasteiger partial charge in [0.05, 0.1) is 21.5 Å². The van der Waals surface area contributed by atoms with Gasteiger partial charge in [-0.3, -0.25) is 0 Å². The van der Waals surface area contributed by atoms with Crippen molar-refractivity contribution in [3.05, 3.63) is 51.5 Å². The molecule has 2 aromatic rings. The van der Waals surface area contributed by atoms with E-state index in [1.165, 1.54) is 18.2 Å². The Morgan fingerprint density at radius 2 is 2.15 bits per heavy atom. The van der Waals surface area contributed by atoms with E-state index < -0.39 is 11.8 Å². The molecule has 0 radical (unpaired) electrons. The predicted octanol–water partition coefficient (Wildman–Crippen LogP) is 3.49. The molecule has 0 atom stereocenters. The van der Waals surface area contributed by atoms with Crippen LogP contribution < -0.4 is 0 Å². The number of aliphatic carboxylic acids is 1. The summed E-state index contributed by atoms with van der Waals surface area (Å²) in [6, 6.07) is 4.17. The standard InChI is InChI=1S/C14H12BrFN2O2/c1-8-14(15)9(2)18(17-8)12-5-4-11(16)7-10(12)3-6-13(19)20/h3-7H,1-2H3,(H,19,20). The number of carbonyl (C=O) groups is 1. The van der Waals surface area contributed by atoms with E-state index in [4.69, 9.17) is 5.11 Å². The monoisotopic (exact) mass is 338 g/mol. The predicted molar refractivity (Wildman–Crippen MR) is 77.4 cm³/mol. The van der Waals surface area contributed by atoms with Crippen molar-refractivity contribution < 1.29 is 14.3 Å². The molecular weight excluding hydrogens is 327 g/mol. The minimum Gasteiger partial charge on any atom is -0.478 e. The van der Waals surface area contributed by atoms with E-state index in [2.05, 4.69) is 21.0 Å². The van der Waals surface area contributed by atoms with Crippen molar-refractivity contribution in [2.24, 2.45) is 0 Å². The first-order valence-corrected chi connectivity index (χ1v) is 6.62. The number of hydrogen-bond donors (Lipinski definition) is 1. The van der Waals surface area contributed by atoms with Gasteiger partial charge in [-0.2, -0.15) is 5.10 Å². The van der Waals surface area contributed by atoms with Gasteiger partial charge in [0.1, 0.15) is 5.82 Å². The number of hydrogen-bond acceptors (Lipinski definition) is 2. The lowest BCUT2D eigenvalue weighted by molar-refractivity contribution is -0.131. The zero-order valence-electron chi connectivity index (χ0n) is 10.9. The Morgan fingerprint density at radius 1 is 1.45 bits per heavy atom. The summed E-state index contributed by atoms with van der Waals surface area (Å²) in [6.07, 6.45) is 2.32. The molecule has 0 saturated carbocycles. The normalized spacial score (nSPS) is 11.2. The Morgan fingerprint density at radius 3 is 2.70 bits per heavy atom. The molecule has 2 rings (SSSR count). The van der Waals surface area contributed by atoms with Crippen LogP contribution in [-0.4, -0.2) is 20.9 Å². The Labute approximate surface area is 123 Å². The van der Waals surface area contributed by atoms with Gasteiger partial charge < -0.3 is 5.11 Å². The molecule has 1 aromatic heterocycles. The first-order valence-electron chi connectivity index (χ1n) is 5.83. The van der Waals surface area contributed by atoms with Crippen LogP contribution in [0.1, 0.15) is 17.0 Å². The SMILES string of the molecule is Cc1nn(-c2ccc(F)cc2C=CC(=O)O)c(C)c1Br. The summed E-state index contributed by atoms with van der Waals surface area (Å²) in [6.45, 7) is 3.72. The Bertz CT molecular complexity index is 707. The second kappa shape index (κ2) is 5.58. The van der Waals surface area contributed by atoms with Gasteiger partial charge in [-0.05, 0) is 54.1 Å². The number of aryl methyl sites for hydroxylation is 1. The summed E-state index contributed by atoms with van der Waals surface area (Å²) < 4.78 is 15.9. The van der Waals surface area contributed by atoms with E-state index >= 15 is 0 Å². The summed E-state index contributed by atoms with van der Waals surface area (Å²) in [5.41, 5.74) is 2.74. The Hall–Kier alpha value is -1.95. The van der Waals surface area contributed by atoms with E-state index in [1.54, 1.807) is 10.7 Å². The van der Waals surface area contributed by atoms with Gasteiger partial charge in [-0.25, -0.2) is 13.9 Å². The van der Waals surface area contributed by atoms with Gasteiger partial charge in [0.2, 0.25) is 0 Å². The lowest BCUT2D eigenvalue weighted by Crippen LogP contribution is -2.02. The van der Waals surface area contributed by atoms with Gasteiger partial charge in [-0.1, -0.05) is 0 Å². The van der Waals surface area contributed by atoms with E-state index in [1.807, 2.05) is 13.8 Å². The van der Waals surface area contributed by atoms with E-state index in [9.17, 15) is 9.18 Å². The molecule has 1 N–H and O–H groups in total. The van der Waals surface area contributed by atoms with Crippen molar-refractivity contribution in [3.63, 3.8) is 0 Å². The summed E-state index contributed by atoms with van der Waals surface area (Å²) in [7, 11) is 0. The fourth-order valence-corrected chi connectivity index (χ4v) is 2.12. The van der Waals surface area contributed by atoms with Crippen LogP contribution >= 0.6 is 15.9 Å². The highest BCUT2D eigenvalue weighted by atomic mass is 79.9. The van der Waals surface area contributed by atoms with Crippen LogP contribution in [-0.2, 0) is 4.79 Å². The molecule has 0 spiro atoms. The third-order valence-corrected chi connectivity index (χ3v) is 3.97. The molecule has 0 aliphatic carbocycles. The molecule has 1 aromatic carbocycles. The molecular formula is C14H12BrFN2O2. The number of nitrogens with zero attached hydrogens (tertiary/aromatic N) is 2. The number of aromatic nitrogens is 2. The average Bonchev–Trinajstić information content (AvgIpc) is 2.64. The zero-order chi connectivity index (χ0) is 14.9. The van der Waals surface area contributed by atoms with Gasteiger partial charge in [0.15, 0.2) is 0 Å². The summed E-state index contributed by atoms with van der Waals surface area (Å²) in [5.74, 6) is -1.52. The molecule has 6 heteroatoms. The van der Waals surface area contributed by atoms with Crippen LogP contribution in [0.3, 0.4) is 0 Å².